The molecule has 0 bridgehead atoms. The zero-order valence-electron chi connectivity index (χ0n) is 51.2. The third-order valence-electron chi connectivity index (χ3n) is 14.5. The number of hydrogen-bond donors (Lipinski definition) is 1. The van der Waals surface area contributed by atoms with Gasteiger partial charge in [0.25, 0.3) is 0 Å². The first kappa shape index (κ1) is 74.6. The van der Waals surface area contributed by atoms with E-state index in [0.29, 0.717) is 98.7 Å². The van der Waals surface area contributed by atoms with E-state index in [-0.39, 0.29) is 31.8 Å². The molecule has 0 aromatic heterocycles. The Morgan fingerprint density at radius 3 is 0.789 bits per heavy atom. The molecule has 0 unspecified atom stereocenters. The van der Waals surface area contributed by atoms with Crippen molar-refractivity contribution in [3.05, 3.63) is 0 Å². The van der Waals surface area contributed by atoms with E-state index in [0.717, 1.165) is 154 Å². The predicted octanol–water partition coefficient (Wildman–Crippen LogP) is 15.6. The Bertz CT molecular complexity index is 1030. The molecule has 0 fully saturated rings. The van der Waals surface area contributed by atoms with E-state index in [2.05, 4.69) is 46.4 Å². The highest BCUT2D eigenvalue weighted by Crippen LogP contribution is 2.25. The Balaban J connectivity index is 4.88. The molecule has 0 rings (SSSR count). The molecule has 12 nitrogen and oxygen atoms in total. The van der Waals surface area contributed by atoms with Crippen molar-refractivity contribution < 1.29 is 52.6 Å². The van der Waals surface area contributed by atoms with E-state index >= 15 is 0 Å². The number of aliphatic hydroxyl groups excluding tert-OH is 1. The molecule has 0 heterocycles. The number of carbonyl (C=O) groups is 2. The molecular weight excluding hydrogens is 959 g/mol. The van der Waals surface area contributed by atoms with Crippen molar-refractivity contribution in [1.82, 2.24) is 4.90 Å². The quantitative estimate of drug-likeness (QED) is 0.0459. The molecule has 454 valence electrons. The highest BCUT2D eigenvalue weighted by molar-refractivity contribution is 5.69. The lowest BCUT2D eigenvalue weighted by Crippen LogP contribution is -2.42. The molecular formula is C64H127NO11. The number of ether oxygens (including phenoxy) is 8. The minimum atomic E-state index is -0.517. The highest BCUT2D eigenvalue weighted by Gasteiger charge is 2.35. The number of unbranched alkanes of at least 4 members (excludes halogenated alkanes) is 26. The van der Waals surface area contributed by atoms with E-state index in [4.69, 9.17) is 37.9 Å². The zero-order chi connectivity index (χ0) is 55.6. The first-order valence-electron chi connectivity index (χ1n) is 32.4. The second kappa shape index (κ2) is 58.3. The van der Waals surface area contributed by atoms with Crippen molar-refractivity contribution in [3.8, 4) is 0 Å². The Labute approximate surface area is 470 Å². The van der Waals surface area contributed by atoms with Crippen LogP contribution < -0.4 is 0 Å². The summed E-state index contributed by atoms with van der Waals surface area (Å²) in [6.45, 7) is 23.6. The Kier molecular flexibility index (Phi) is 57.2. The Morgan fingerprint density at radius 2 is 0.539 bits per heavy atom. The van der Waals surface area contributed by atoms with Gasteiger partial charge < -0.3 is 47.9 Å². The summed E-state index contributed by atoms with van der Waals surface area (Å²) in [7, 11) is 0. The van der Waals surface area contributed by atoms with Crippen molar-refractivity contribution >= 4 is 11.9 Å². The van der Waals surface area contributed by atoms with Crippen LogP contribution >= 0.6 is 0 Å². The predicted molar refractivity (Wildman–Crippen MR) is 315 cm³/mol. The van der Waals surface area contributed by atoms with E-state index in [9.17, 15) is 14.7 Å². The summed E-state index contributed by atoms with van der Waals surface area (Å²) in [5, 5.41) is 9.80. The van der Waals surface area contributed by atoms with Crippen molar-refractivity contribution in [2.75, 3.05) is 119 Å². The minimum Gasteiger partial charge on any atom is -0.465 e. The summed E-state index contributed by atoms with van der Waals surface area (Å²) >= 11 is 0. The van der Waals surface area contributed by atoms with Crippen molar-refractivity contribution in [3.63, 3.8) is 0 Å². The van der Waals surface area contributed by atoms with E-state index in [1.165, 1.54) is 77.0 Å². The van der Waals surface area contributed by atoms with Crippen LogP contribution in [0.4, 0.5) is 0 Å². The molecule has 0 saturated carbocycles. The van der Waals surface area contributed by atoms with Gasteiger partial charge in [0.1, 0.15) is 13.2 Å². The normalized spacial score (nSPS) is 12.1. The van der Waals surface area contributed by atoms with Crippen LogP contribution in [-0.4, -0.2) is 141 Å². The van der Waals surface area contributed by atoms with Crippen LogP contribution in [0.5, 0.6) is 0 Å². The van der Waals surface area contributed by atoms with E-state index in [1.54, 1.807) is 0 Å². The van der Waals surface area contributed by atoms with Crippen molar-refractivity contribution in [2.45, 2.75) is 273 Å². The van der Waals surface area contributed by atoms with Crippen LogP contribution in [0.3, 0.4) is 0 Å². The van der Waals surface area contributed by atoms with Crippen molar-refractivity contribution in [2.24, 2.45) is 10.8 Å². The van der Waals surface area contributed by atoms with E-state index in [1.807, 2.05) is 0 Å². The first-order chi connectivity index (χ1) is 37.3. The molecule has 0 aromatic rings. The second-order valence-electron chi connectivity index (χ2n) is 22.6. The molecule has 0 aliphatic carbocycles. The summed E-state index contributed by atoms with van der Waals surface area (Å²) in [6.07, 6.45) is 38.6. The number of aliphatic hydroxyl groups is 1. The van der Waals surface area contributed by atoms with Gasteiger partial charge in [0.05, 0.1) is 57.1 Å². The average molecular weight is 1090 g/mol. The molecule has 1 N–H and O–H groups in total. The van der Waals surface area contributed by atoms with Gasteiger partial charge in [0.2, 0.25) is 0 Å². The van der Waals surface area contributed by atoms with Gasteiger partial charge in [0, 0.05) is 59.0 Å². The topological polar surface area (TPSA) is 131 Å². The largest absolute Gasteiger partial charge is 0.465 e. The van der Waals surface area contributed by atoms with Crippen LogP contribution in [0.2, 0.25) is 0 Å². The second-order valence-corrected chi connectivity index (χ2v) is 22.6. The summed E-state index contributed by atoms with van der Waals surface area (Å²) in [4.78, 5) is 28.6. The summed E-state index contributed by atoms with van der Waals surface area (Å²) in [6, 6.07) is 0. The molecule has 0 spiro atoms. The third-order valence-corrected chi connectivity index (χ3v) is 14.5. The van der Waals surface area contributed by atoms with Gasteiger partial charge in [-0.2, -0.15) is 0 Å². The van der Waals surface area contributed by atoms with Gasteiger partial charge in [0.15, 0.2) is 0 Å². The monoisotopic (exact) mass is 1090 g/mol. The molecule has 12 heteroatoms. The lowest BCUT2D eigenvalue weighted by molar-refractivity contribution is -0.157. The standard InChI is InChI=1S/C64H127NO11/c1-7-13-19-35-47-69-53-63(54-70-48-36-20-14-8-2,55-71-49-37-21-15-9-3)59-75-61(67)41-31-27-25-29-33-43-65(45-46-66)44-34-30-26-28-32-42-62(68)76-60-64(56-72-50-38-22-16-10-4,57-73-51-39-23-17-11-5)58-74-52-40-24-18-12-6/h66H,7-60H2,1-6H3. The molecule has 0 aliphatic rings. The Morgan fingerprint density at radius 1 is 0.303 bits per heavy atom. The van der Waals surface area contributed by atoms with Crippen LogP contribution in [0.25, 0.3) is 0 Å². The third kappa shape index (κ3) is 48.5. The molecule has 0 radical (unpaired) electrons. The maximum atomic E-state index is 13.1. The average Bonchev–Trinajstić information content (AvgIpc) is 3.42. The van der Waals surface area contributed by atoms with Gasteiger partial charge in [-0.25, -0.2) is 0 Å². The lowest BCUT2D eigenvalue weighted by atomic mass is 9.92. The van der Waals surface area contributed by atoms with Gasteiger partial charge in [-0.15, -0.1) is 0 Å². The maximum Gasteiger partial charge on any atom is 0.305 e. The maximum absolute atomic E-state index is 13.1. The molecule has 0 amide bonds. The summed E-state index contributed by atoms with van der Waals surface area (Å²) in [5.74, 6) is -0.302. The van der Waals surface area contributed by atoms with Crippen LogP contribution in [-0.2, 0) is 47.5 Å². The molecule has 0 aromatic carbocycles. The van der Waals surface area contributed by atoms with E-state index < -0.39 is 10.8 Å². The molecule has 76 heavy (non-hydrogen) atoms. The fraction of sp³-hybridized carbons (Fsp3) is 0.969. The number of rotatable bonds is 64. The van der Waals surface area contributed by atoms with Crippen molar-refractivity contribution in [1.29, 1.82) is 0 Å². The van der Waals surface area contributed by atoms with Gasteiger partial charge in [-0.05, 0) is 77.3 Å². The van der Waals surface area contributed by atoms with Gasteiger partial charge in [-0.3, -0.25) is 9.59 Å². The molecule has 0 saturated heterocycles. The van der Waals surface area contributed by atoms with Crippen LogP contribution in [0.1, 0.15) is 273 Å². The highest BCUT2D eigenvalue weighted by atomic mass is 16.6. The zero-order valence-corrected chi connectivity index (χ0v) is 51.2. The van der Waals surface area contributed by atoms with Gasteiger partial charge >= 0.3 is 11.9 Å². The first-order valence-corrected chi connectivity index (χ1v) is 32.4. The number of hydrogen-bond acceptors (Lipinski definition) is 12. The molecule has 0 atom stereocenters. The van der Waals surface area contributed by atoms with Crippen LogP contribution in [0, 0.1) is 10.8 Å². The molecule has 0 aliphatic heterocycles. The fourth-order valence-corrected chi connectivity index (χ4v) is 9.38. The summed E-state index contributed by atoms with van der Waals surface area (Å²) in [5.41, 5.74) is -1.03. The number of esters is 2. The van der Waals surface area contributed by atoms with Gasteiger partial charge in [-0.1, -0.05) is 196 Å². The van der Waals surface area contributed by atoms with Crippen LogP contribution in [0.15, 0.2) is 0 Å². The Hall–Kier alpha value is -1.38. The smallest absolute Gasteiger partial charge is 0.305 e. The number of carbonyl (C=O) groups excluding carboxylic acids is 2. The fourth-order valence-electron chi connectivity index (χ4n) is 9.38. The SMILES string of the molecule is CCCCCCOCC(COCCCCCC)(COCCCCCC)COC(=O)CCCCCCCN(CCO)CCCCCCCC(=O)OCC(COCCCCCC)(COCCCCCC)COCCCCCC. The lowest BCUT2D eigenvalue weighted by Gasteiger charge is -2.33. The summed E-state index contributed by atoms with van der Waals surface area (Å²) < 4.78 is 49.6. The number of nitrogens with zero attached hydrogens (tertiary/aromatic N) is 1. The minimum absolute atomic E-state index is 0.151.